The van der Waals surface area contributed by atoms with Crippen LogP contribution in [0.25, 0.3) is 0 Å². The molecule has 0 aliphatic carbocycles. The number of aromatic hydroxyl groups is 1. The summed E-state index contributed by atoms with van der Waals surface area (Å²) in [6.07, 6.45) is 1.48. The summed E-state index contributed by atoms with van der Waals surface area (Å²) in [4.78, 5) is 24.4. The Hall–Kier alpha value is -3.68. The predicted octanol–water partition coefficient (Wildman–Crippen LogP) is 4.01. The Labute approximate surface area is 158 Å². The average Bonchev–Trinajstić information content (AvgIpc) is 3.15. The van der Waals surface area contributed by atoms with E-state index < -0.39 is 29.5 Å². The van der Waals surface area contributed by atoms with Gasteiger partial charge in [-0.25, -0.2) is 8.78 Å². The molecule has 8 heteroatoms. The number of phenolic OH excluding ortho intramolecular Hbond substituents is 1. The fourth-order valence-electron chi connectivity index (χ4n) is 2.57. The highest BCUT2D eigenvalue weighted by Crippen LogP contribution is 2.24. The highest BCUT2D eigenvalue weighted by Gasteiger charge is 2.17. The molecule has 6 nitrogen and oxygen atoms in total. The number of hydrogen-bond acceptors (Lipinski definition) is 4. The number of phenols is 1. The van der Waals surface area contributed by atoms with Crippen molar-refractivity contribution in [3.05, 3.63) is 83.3 Å². The van der Waals surface area contributed by atoms with Crippen molar-refractivity contribution >= 4 is 17.5 Å². The van der Waals surface area contributed by atoms with Crippen LogP contribution in [-0.4, -0.2) is 16.9 Å². The van der Waals surface area contributed by atoms with E-state index in [-0.39, 0.29) is 22.6 Å². The van der Waals surface area contributed by atoms with E-state index in [4.69, 9.17) is 4.42 Å². The molecule has 0 saturated carbocycles. The Morgan fingerprint density at radius 2 is 1.75 bits per heavy atom. The highest BCUT2D eigenvalue weighted by atomic mass is 19.1. The Morgan fingerprint density at radius 1 is 1.04 bits per heavy atom. The van der Waals surface area contributed by atoms with Crippen molar-refractivity contribution in [2.24, 2.45) is 0 Å². The lowest BCUT2D eigenvalue weighted by atomic mass is 10.1. The number of benzene rings is 2. The summed E-state index contributed by atoms with van der Waals surface area (Å²) < 4.78 is 31.7. The molecule has 0 fully saturated rings. The van der Waals surface area contributed by atoms with E-state index in [1.807, 2.05) is 0 Å². The molecule has 1 unspecified atom stereocenters. The first-order valence-electron chi connectivity index (χ1n) is 8.28. The maximum Gasteiger partial charge on any atom is 0.255 e. The van der Waals surface area contributed by atoms with Crippen LogP contribution in [0.2, 0.25) is 0 Å². The standard InChI is InChI=1S/C20H16F2N2O4/c1-11(18-3-2-6-28-18)23-20(27)16-5-4-15(10-17(16)25)24-19(26)12-7-13(21)9-14(22)8-12/h2-11,25H,1H3,(H,23,27)(H,24,26). The van der Waals surface area contributed by atoms with Gasteiger partial charge < -0.3 is 20.2 Å². The van der Waals surface area contributed by atoms with Crippen LogP contribution in [-0.2, 0) is 0 Å². The molecule has 0 bridgehead atoms. The number of furan rings is 1. The zero-order chi connectivity index (χ0) is 20.3. The van der Waals surface area contributed by atoms with Gasteiger partial charge in [0.15, 0.2) is 0 Å². The molecule has 0 spiro atoms. The van der Waals surface area contributed by atoms with Gasteiger partial charge in [0, 0.05) is 23.4 Å². The number of rotatable bonds is 5. The fourth-order valence-corrected chi connectivity index (χ4v) is 2.57. The smallest absolute Gasteiger partial charge is 0.255 e. The lowest BCUT2D eigenvalue weighted by Crippen LogP contribution is -2.26. The minimum Gasteiger partial charge on any atom is -0.507 e. The maximum atomic E-state index is 13.2. The molecule has 2 aromatic carbocycles. The molecule has 1 heterocycles. The molecule has 3 rings (SSSR count). The first kappa shape index (κ1) is 19.1. The van der Waals surface area contributed by atoms with Gasteiger partial charge in [-0.1, -0.05) is 0 Å². The van der Waals surface area contributed by atoms with E-state index in [1.165, 1.54) is 24.5 Å². The Kier molecular flexibility index (Phi) is 5.39. The van der Waals surface area contributed by atoms with Gasteiger partial charge in [0.1, 0.15) is 23.1 Å². The van der Waals surface area contributed by atoms with Crippen LogP contribution < -0.4 is 10.6 Å². The molecule has 3 aromatic rings. The second-order valence-corrected chi connectivity index (χ2v) is 6.05. The number of anilines is 1. The van der Waals surface area contributed by atoms with Crippen LogP contribution in [0, 0.1) is 11.6 Å². The van der Waals surface area contributed by atoms with Crippen molar-refractivity contribution in [2.45, 2.75) is 13.0 Å². The molecule has 1 aromatic heterocycles. The molecular weight excluding hydrogens is 370 g/mol. The van der Waals surface area contributed by atoms with Crippen LogP contribution in [0.5, 0.6) is 5.75 Å². The van der Waals surface area contributed by atoms with Gasteiger partial charge in [-0.3, -0.25) is 9.59 Å². The van der Waals surface area contributed by atoms with E-state index in [0.717, 1.165) is 12.1 Å². The second kappa shape index (κ2) is 7.91. The van der Waals surface area contributed by atoms with Gasteiger partial charge in [0.2, 0.25) is 0 Å². The van der Waals surface area contributed by atoms with Crippen LogP contribution in [0.4, 0.5) is 14.5 Å². The third-order valence-corrected chi connectivity index (χ3v) is 3.94. The number of carbonyl (C=O) groups is 2. The molecule has 3 N–H and O–H groups in total. The molecule has 144 valence electrons. The second-order valence-electron chi connectivity index (χ2n) is 6.05. The monoisotopic (exact) mass is 386 g/mol. The average molecular weight is 386 g/mol. The number of carbonyl (C=O) groups excluding carboxylic acids is 2. The minimum absolute atomic E-state index is 0.00629. The Bertz CT molecular complexity index is 999. The van der Waals surface area contributed by atoms with Crippen molar-refractivity contribution in [1.82, 2.24) is 5.32 Å². The summed E-state index contributed by atoms with van der Waals surface area (Å²) in [5, 5.41) is 15.2. The highest BCUT2D eigenvalue weighted by molar-refractivity contribution is 6.05. The Balaban J connectivity index is 1.71. The van der Waals surface area contributed by atoms with E-state index in [2.05, 4.69) is 10.6 Å². The topological polar surface area (TPSA) is 91.6 Å². The quantitative estimate of drug-likeness (QED) is 0.618. The van der Waals surface area contributed by atoms with E-state index in [1.54, 1.807) is 19.1 Å². The van der Waals surface area contributed by atoms with Crippen LogP contribution in [0.3, 0.4) is 0 Å². The van der Waals surface area contributed by atoms with E-state index >= 15 is 0 Å². The molecule has 0 saturated heterocycles. The Morgan fingerprint density at radius 3 is 2.36 bits per heavy atom. The predicted molar refractivity (Wildman–Crippen MR) is 97.0 cm³/mol. The van der Waals surface area contributed by atoms with Gasteiger partial charge in [-0.2, -0.15) is 0 Å². The first-order chi connectivity index (χ1) is 13.3. The lowest BCUT2D eigenvalue weighted by Gasteiger charge is -2.13. The van der Waals surface area contributed by atoms with Gasteiger partial charge in [0.25, 0.3) is 11.8 Å². The summed E-state index contributed by atoms with van der Waals surface area (Å²) in [7, 11) is 0. The SMILES string of the molecule is CC(NC(=O)c1ccc(NC(=O)c2cc(F)cc(F)c2)cc1O)c1ccco1. The summed E-state index contributed by atoms with van der Waals surface area (Å²) in [6.45, 7) is 1.72. The van der Waals surface area contributed by atoms with Gasteiger partial charge in [-0.05, 0) is 43.3 Å². The molecule has 0 radical (unpaired) electrons. The van der Waals surface area contributed by atoms with Crippen molar-refractivity contribution in [2.75, 3.05) is 5.32 Å². The van der Waals surface area contributed by atoms with Crippen molar-refractivity contribution in [1.29, 1.82) is 0 Å². The van der Waals surface area contributed by atoms with E-state index in [9.17, 15) is 23.5 Å². The molecule has 1 atom stereocenters. The molecule has 28 heavy (non-hydrogen) atoms. The van der Waals surface area contributed by atoms with Gasteiger partial charge in [0.05, 0.1) is 17.9 Å². The molecule has 0 aliphatic rings. The zero-order valence-corrected chi connectivity index (χ0v) is 14.7. The third kappa shape index (κ3) is 4.35. The van der Waals surface area contributed by atoms with Crippen LogP contribution in [0.15, 0.2) is 59.2 Å². The van der Waals surface area contributed by atoms with E-state index in [0.29, 0.717) is 11.8 Å². The normalized spacial score (nSPS) is 11.7. The van der Waals surface area contributed by atoms with Crippen molar-refractivity contribution in [3.63, 3.8) is 0 Å². The van der Waals surface area contributed by atoms with Crippen LogP contribution >= 0.6 is 0 Å². The largest absolute Gasteiger partial charge is 0.507 e. The molecule has 2 amide bonds. The number of hydrogen-bond donors (Lipinski definition) is 3. The van der Waals surface area contributed by atoms with Gasteiger partial charge >= 0.3 is 0 Å². The summed E-state index contributed by atoms with van der Waals surface area (Å²) in [6, 6.07) is 9.28. The minimum atomic E-state index is -0.884. The maximum absolute atomic E-state index is 13.2. The number of amides is 2. The molecule has 0 aliphatic heterocycles. The summed E-state index contributed by atoms with van der Waals surface area (Å²) in [5.41, 5.74) is -0.0675. The summed E-state index contributed by atoms with van der Waals surface area (Å²) >= 11 is 0. The third-order valence-electron chi connectivity index (χ3n) is 3.94. The summed E-state index contributed by atoms with van der Waals surface area (Å²) in [5.74, 6) is -2.88. The number of halogens is 2. The van der Waals surface area contributed by atoms with Crippen LogP contribution in [0.1, 0.15) is 39.4 Å². The van der Waals surface area contributed by atoms with Crippen molar-refractivity contribution < 1.29 is 27.9 Å². The first-order valence-corrected chi connectivity index (χ1v) is 8.28. The van der Waals surface area contributed by atoms with Crippen molar-refractivity contribution in [3.8, 4) is 5.75 Å². The van der Waals surface area contributed by atoms with Gasteiger partial charge in [-0.15, -0.1) is 0 Å². The lowest BCUT2D eigenvalue weighted by molar-refractivity contribution is 0.0932. The number of nitrogens with one attached hydrogen (secondary N) is 2. The molecular formula is C20H16F2N2O4. The fraction of sp³-hybridized carbons (Fsp3) is 0.100. The zero-order valence-electron chi connectivity index (χ0n) is 14.7.